The van der Waals surface area contributed by atoms with E-state index >= 15 is 0 Å². The number of likely N-dealkylation sites (tertiary alicyclic amines) is 2. The Hall–Kier alpha value is -2.08. The van der Waals surface area contributed by atoms with E-state index in [9.17, 15) is 4.79 Å². The molecule has 0 atom stereocenters. The molecule has 6 nitrogen and oxygen atoms in total. The summed E-state index contributed by atoms with van der Waals surface area (Å²) >= 11 is 0. The molecule has 2 N–H and O–H groups in total. The second-order valence-electron chi connectivity index (χ2n) is 7.92. The molecule has 1 aromatic rings. The van der Waals surface area contributed by atoms with Crippen molar-refractivity contribution in [3.63, 3.8) is 0 Å². The Kier molecular flexibility index (Phi) is 7.71. The molecular weight excluding hydrogens is 350 g/mol. The zero-order valence-corrected chi connectivity index (χ0v) is 17.4. The monoisotopic (exact) mass is 385 g/mol. The Bertz CT molecular complexity index is 649. The topological polar surface area (TPSA) is 60.0 Å². The molecular formula is C22H35N5O. The number of hydrogen-bond acceptors (Lipinski definition) is 3. The number of nitrogens with zero attached hydrogens (tertiary/aromatic N) is 3. The van der Waals surface area contributed by atoms with Crippen LogP contribution in [-0.4, -0.2) is 60.9 Å². The minimum atomic E-state index is 0.279. The van der Waals surface area contributed by atoms with Crippen molar-refractivity contribution in [2.24, 2.45) is 4.99 Å². The molecule has 0 radical (unpaired) electrons. The first-order valence-electron chi connectivity index (χ1n) is 10.7. The Labute approximate surface area is 169 Å². The zero-order chi connectivity index (χ0) is 19.8. The summed E-state index contributed by atoms with van der Waals surface area (Å²) in [5, 5.41) is 7.00. The van der Waals surface area contributed by atoms with Crippen LogP contribution in [0.3, 0.4) is 0 Å². The second-order valence-corrected chi connectivity index (χ2v) is 7.92. The van der Waals surface area contributed by atoms with Crippen molar-refractivity contribution in [2.75, 3.05) is 33.2 Å². The van der Waals surface area contributed by atoms with Crippen LogP contribution in [0.1, 0.15) is 50.2 Å². The normalized spacial score (nSPS) is 19.3. The number of carbonyl (C=O) groups excluding carboxylic acids is 1. The summed E-state index contributed by atoms with van der Waals surface area (Å²) < 4.78 is 0. The highest BCUT2D eigenvalue weighted by atomic mass is 16.2. The van der Waals surface area contributed by atoms with Gasteiger partial charge in [-0.05, 0) is 43.4 Å². The number of amides is 1. The maximum absolute atomic E-state index is 11.8. The van der Waals surface area contributed by atoms with Crippen molar-refractivity contribution in [1.82, 2.24) is 20.4 Å². The first-order chi connectivity index (χ1) is 13.7. The van der Waals surface area contributed by atoms with Crippen LogP contribution in [0.4, 0.5) is 0 Å². The van der Waals surface area contributed by atoms with Gasteiger partial charge < -0.3 is 20.4 Å². The van der Waals surface area contributed by atoms with E-state index in [1.807, 2.05) is 11.9 Å². The van der Waals surface area contributed by atoms with Crippen molar-refractivity contribution in [1.29, 1.82) is 0 Å². The van der Waals surface area contributed by atoms with E-state index in [2.05, 4.69) is 51.7 Å². The molecule has 1 aromatic carbocycles. The smallest absolute Gasteiger partial charge is 0.222 e. The van der Waals surface area contributed by atoms with Gasteiger partial charge >= 0.3 is 0 Å². The van der Waals surface area contributed by atoms with Gasteiger partial charge in [0.25, 0.3) is 0 Å². The summed E-state index contributed by atoms with van der Waals surface area (Å²) in [6.45, 7) is 8.16. The average Bonchev–Trinajstić information content (AvgIpc) is 3.12. The van der Waals surface area contributed by atoms with E-state index in [1.165, 1.54) is 50.0 Å². The van der Waals surface area contributed by atoms with Crippen molar-refractivity contribution >= 4 is 11.9 Å². The molecule has 28 heavy (non-hydrogen) atoms. The molecule has 0 bridgehead atoms. The predicted octanol–water partition coefficient (Wildman–Crippen LogP) is 2.35. The van der Waals surface area contributed by atoms with Crippen molar-refractivity contribution in [3.8, 4) is 0 Å². The van der Waals surface area contributed by atoms with Crippen molar-refractivity contribution in [3.05, 3.63) is 35.4 Å². The number of guanidine groups is 1. The molecule has 154 valence electrons. The van der Waals surface area contributed by atoms with Gasteiger partial charge in [0, 0.05) is 52.2 Å². The number of hydrogen-bond donors (Lipinski definition) is 2. The third kappa shape index (κ3) is 5.96. The Morgan fingerprint density at radius 2 is 1.86 bits per heavy atom. The van der Waals surface area contributed by atoms with Gasteiger partial charge in [-0.15, -0.1) is 0 Å². The fourth-order valence-electron chi connectivity index (χ4n) is 4.05. The van der Waals surface area contributed by atoms with Crippen LogP contribution in [0, 0.1) is 0 Å². The van der Waals surface area contributed by atoms with E-state index in [0.29, 0.717) is 12.5 Å². The molecule has 3 rings (SSSR count). The highest BCUT2D eigenvalue weighted by Crippen LogP contribution is 2.15. The zero-order valence-electron chi connectivity index (χ0n) is 17.4. The summed E-state index contributed by atoms with van der Waals surface area (Å²) in [5.41, 5.74) is 2.41. The second kappa shape index (κ2) is 10.5. The molecule has 2 heterocycles. The molecule has 6 heteroatoms. The summed E-state index contributed by atoms with van der Waals surface area (Å²) in [4.78, 5) is 20.6. The summed E-state index contributed by atoms with van der Waals surface area (Å²) in [5.74, 6) is 1.15. The molecule has 2 fully saturated rings. The summed E-state index contributed by atoms with van der Waals surface area (Å²) in [6, 6.07) is 9.03. The standard InChI is InChI=1S/C22H35N5O/c1-3-12-26-14-10-20(11-15-26)25-22(23-2)24-16-18-6-8-19(9-7-18)17-27-13-4-5-21(27)28/h6-9,20H,3-5,10-17H2,1-2H3,(H2,23,24,25). The Balaban J connectivity index is 1.41. The maximum atomic E-state index is 11.8. The van der Waals surface area contributed by atoms with Gasteiger partial charge in [-0.3, -0.25) is 9.79 Å². The molecule has 0 aromatic heterocycles. The van der Waals surface area contributed by atoms with Crippen LogP contribution in [0.5, 0.6) is 0 Å². The van der Waals surface area contributed by atoms with Crippen molar-refractivity contribution in [2.45, 2.75) is 58.2 Å². The van der Waals surface area contributed by atoms with Crippen molar-refractivity contribution < 1.29 is 4.79 Å². The molecule has 0 aliphatic carbocycles. The van der Waals surface area contributed by atoms with Crippen LogP contribution in [-0.2, 0) is 17.9 Å². The number of nitrogens with one attached hydrogen (secondary N) is 2. The SMILES string of the molecule is CCCN1CCC(NC(=NC)NCc2ccc(CN3CCCC3=O)cc2)CC1. The largest absolute Gasteiger partial charge is 0.354 e. The van der Waals surface area contributed by atoms with E-state index < -0.39 is 0 Å². The molecule has 0 unspecified atom stereocenters. The highest BCUT2D eigenvalue weighted by molar-refractivity contribution is 5.80. The number of carbonyl (C=O) groups is 1. The van der Waals surface area contributed by atoms with E-state index in [1.54, 1.807) is 0 Å². The van der Waals surface area contributed by atoms with Gasteiger partial charge in [0.05, 0.1) is 0 Å². The van der Waals surface area contributed by atoms with Gasteiger partial charge in [0.15, 0.2) is 5.96 Å². The van der Waals surface area contributed by atoms with Crippen LogP contribution in [0.25, 0.3) is 0 Å². The number of rotatable bonds is 7. The first kappa shape index (κ1) is 20.6. The van der Waals surface area contributed by atoms with Gasteiger partial charge in [-0.25, -0.2) is 0 Å². The van der Waals surface area contributed by atoms with Crippen LogP contribution >= 0.6 is 0 Å². The molecule has 2 saturated heterocycles. The summed E-state index contributed by atoms with van der Waals surface area (Å²) in [7, 11) is 1.83. The van der Waals surface area contributed by atoms with Gasteiger partial charge in [0.2, 0.25) is 5.91 Å². The molecule has 1 amide bonds. The minimum Gasteiger partial charge on any atom is -0.354 e. The minimum absolute atomic E-state index is 0.279. The Morgan fingerprint density at radius 1 is 1.14 bits per heavy atom. The van der Waals surface area contributed by atoms with E-state index in [-0.39, 0.29) is 5.91 Å². The van der Waals surface area contributed by atoms with Gasteiger partial charge in [-0.1, -0.05) is 31.2 Å². The molecule has 2 aliphatic heterocycles. The fraction of sp³-hybridized carbons (Fsp3) is 0.636. The third-order valence-corrected chi connectivity index (χ3v) is 5.72. The van der Waals surface area contributed by atoms with Crippen LogP contribution in [0.2, 0.25) is 0 Å². The highest BCUT2D eigenvalue weighted by Gasteiger charge is 2.20. The predicted molar refractivity (Wildman–Crippen MR) is 114 cm³/mol. The maximum Gasteiger partial charge on any atom is 0.222 e. The van der Waals surface area contributed by atoms with E-state index in [0.717, 1.165) is 32.0 Å². The molecule has 0 saturated carbocycles. The van der Waals surface area contributed by atoms with E-state index in [4.69, 9.17) is 0 Å². The van der Waals surface area contributed by atoms with Crippen LogP contribution < -0.4 is 10.6 Å². The Morgan fingerprint density at radius 3 is 2.46 bits per heavy atom. The lowest BCUT2D eigenvalue weighted by molar-refractivity contribution is -0.128. The number of aliphatic imine (C=N–C) groups is 1. The lowest BCUT2D eigenvalue weighted by atomic mass is 10.1. The molecule has 0 spiro atoms. The lowest BCUT2D eigenvalue weighted by Crippen LogP contribution is -2.48. The van der Waals surface area contributed by atoms with Crippen LogP contribution in [0.15, 0.2) is 29.3 Å². The summed E-state index contributed by atoms with van der Waals surface area (Å²) in [6.07, 6.45) is 5.26. The van der Waals surface area contributed by atoms with Gasteiger partial charge in [0.1, 0.15) is 0 Å². The lowest BCUT2D eigenvalue weighted by Gasteiger charge is -2.32. The molecule has 2 aliphatic rings. The quantitative estimate of drug-likeness (QED) is 0.559. The van der Waals surface area contributed by atoms with Gasteiger partial charge in [-0.2, -0.15) is 0 Å². The third-order valence-electron chi connectivity index (χ3n) is 5.72. The first-order valence-corrected chi connectivity index (χ1v) is 10.7. The average molecular weight is 386 g/mol. The number of piperidine rings is 1. The number of benzene rings is 1. The fourth-order valence-corrected chi connectivity index (χ4v) is 4.05.